The van der Waals surface area contributed by atoms with Crippen molar-refractivity contribution in [2.75, 3.05) is 13.7 Å². The van der Waals surface area contributed by atoms with Crippen molar-refractivity contribution < 1.29 is 32.2 Å². The molecular weight excluding hydrogens is 417 g/mol. The normalized spacial score (nSPS) is 17.1. The van der Waals surface area contributed by atoms with Gasteiger partial charge in [-0.25, -0.2) is 14.6 Å². The lowest BCUT2D eigenvalue weighted by atomic mass is 9.95. The molecule has 2 atom stereocenters. The number of hydrogen-bond donors (Lipinski definition) is 2. The minimum Gasteiger partial charge on any atom is -0.467 e. The number of carbonyl (C=O) groups is 2. The van der Waals surface area contributed by atoms with Crippen LogP contribution in [0.5, 0.6) is 5.75 Å². The van der Waals surface area contributed by atoms with E-state index in [1.165, 1.54) is 36.5 Å². The van der Waals surface area contributed by atoms with Crippen molar-refractivity contribution in [3.8, 4) is 5.75 Å². The number of carbonyl (C=O) groups excluding carboxylic acids is 2. The second-order valence-corrected chi connectivity index (χ2v) is 7.39. The van der Waals surface area contributed by atoms with E-state index in [1.54, 1.807) is 19.9 Å². The molecule has 0 fully saturated rings. The number of para-hydroxylation sites is 1. The Morgan fingerprint density at radius 3 is 2.65 bits per heavy atom. The SMILES string of the molecule is COC(=O)[C@@H](NC(=O)N1CCc2[nH]cnc2[C@H]1c1ccccc1OC(F)(F)F)C(C)C. The van der Waals surface area contributed by atoms with E-state index in [4.69, 9.17) is 4.74 Å². The number of H-pyrrole nitrogens is 1. The Bertz CT molecular complexity index is 945. The number of aromatic nitrogens is 2. The number of imidazole rings is 1. The summed E-state index contributed by atoms with van der Waals surface area (Å²) in [6.07, 6.45) is -3.05. The van der Waals surface area contributed by atoms with Gasteiger partial charge in [0.05, 0.1) is 19.1 Å². The van der Waals surface area contributed by atoms with E-state index in [9.17, 15) is 22.8 Å². The van der Waals surface area contributed by atoms with Crippen LogP contribution in [0.4, 0.5) is 18.0 Å². The van der Waals surface area contributed by atoms with Crippen molar-refractivity contribution in [1.29, 1.82) is 0 Å². The number of esters is 1. The summed E-state index contributed by atoms with van der Waals surface area (Å²) in [6, 6.07) is 3.13. The average molecular weight is 440 g/mol. The third-order valence-electron chi connectivity index (χ3n) is 5.03. The monoisotopic (exact) mass is 440 g/mol. The first kappa shape index (κ1) is 22.4. The Kier molecular flexibility index (Phi) is 6.42. The molecule has 2 heterocycles. The lowest BCUT2D eigenvalue weighted by Crippen LogP contribution is -2.53. The van der Waals surface area contributed by atoms with Gasteiger partial charge in [-0.05, 0) is 12.0 Å². The minimum atomic E-state index is -4.90. The predicted octanol–water partition coefficient (Wildman–Crippen LogP) is 3.16. The standard InChI is InChI=1S/C20H23F3N4O4/c1-11(2)15(18(28)30-3)26-19(29)27-9-8-13-16(25-10-24-13)17(27)12-6-4-5-7-14(12)31-20(21,22)23/h4-7,10-11,15,17H,8-9H2,1-3H3,(H,24,25)(H,26,29)/t15-,17+/m0/s1. The smallest absolute Gasteiger partial charge is 0.467 e. The van der Waals surface area contributed by atoms with Gasteiger partial charge in [-0.3, -0.25) is 0 Å². The molecule has 0 unspecified atom stereocenters. The summed E-state index contributed by atoms with van der Waals surface area (Å²) in [5, 5.41) is 2.64. The number of nitrogens with zero attached hydrogens (tertiary/aromatic N) is 2. The number of methoxy groups -OCH3 is 1. The highest BCUT2D eigenvalue weighted by Gasteiger charge is 2.39. The molecule has 2 amide bonds. The van der Waals surface area contributed by atoms with Gasteiger partial charge >= 0.3 is 18.4 Å². The third kappa shape index (κ3) is 4.92. The highest BCUT2D eigenvalue weighted by atomic mass is 19.4. The van der Waals surface area contributed by atoms with Crippen LogP contribution in [0.3, 0.4) is 0 Å². The number of amides is 2. The second-order valence-electron chi connectivity index (χ2n) is 7.39. The molecule has 0 saturated carbocycles. The molecule has 0 spiro atoms. The molecule has 2 aromatic rings. The summed E-state index contributed by atoms with van der Waals surface area (Å²) in [7, 11) is 1.22. The van der Waals surface area contributed by atoms with Gasteiger partial charge in [0, 0.05) is 24.2 Å². The second kappa shape index (κ2) is 8.86. The molecule has 0 bridgehead atoms. The number of aromatic amines is 1. The Labute approximate surface area is 176 Å². The summed E-state index contributed by atoms with van der Waals surface area (Å²) in [4.78, 5) is 33.8. The molecule has 11 heteroatoms. The Hall–Kier alpha value is -3.24. The summed E-state index contributed by atoms with van der Waals surface area (Å²) in [5.41, 5.74) is 1.25. The van der Waals surface area contributed by atoms with E-state index in [1.807, 2.05) is 0 Å². The van der Waals surface area contributed by atoms with Crippen molar-refractivity contribution >= 4 is 12.0 Å². The first-order valence-corrected chi connectivity index (χ1v) is 9.64. The van der Waals surface area contributed by atoms with Crippen LogP contribution >= 0.6 is 0 Å². The third-order valence-corrected chi connectivity index (χ3v) is 5.03. The maximum absolute atomic E-state index is 13.2. The number of nitrogens with one attached hydrogen (secondary N) is 2. The molecule has 31 heavy (non-hydrogen) atoms. The van der Waals surface area contributed by atoms with Crippen LogP contribution in [0, 0.1) is 5.92 Å². The lowest BCUT2D eigenvalue weighted by Gasteiger charge is -2.37. The summed E-state index contributed by atoms with van der Waals surface area (Å²) < 4.78 is 47.9. The summed E-state index contributed by atoms with van der Waals surface area (Å²) in [6.45, 7) is 3.68. The van der Waals surface area contributed by atoms with E-state index in [2.05, 4.69) is 20.0 Å². The van der Waals surface area contributed by atoms with Gasteiger partial charge in [0.2, 0.25) is 0 Å². The predicted molar refractivity (Wildman–Crippen MR) is 103 cm³/mol. The lowest BCUT2D eigenvalue weighted by molar-refractivity contribution is -0.275. The molecule has 8 nitrogen and oxygen atoms in total. The zero-order valence-corrected chi connectivity index (χ0v) is 17.2. The van der Waals surface area contributed by atoms with Gasteiger partial charge in [0.25, 0.3) is 0 Å². The molecule has 2 N–H and O–H groups in total. The van der Waals surface area contributed by atoms with Crippen LogP contribution in [0.2, 0.25) is 0 Å². The van der Waals surface area contributed by atoms with Crippen LogP contribution < -0.4 is 10.1 Å². The number of rotatable bonds is 5. The Balaban J connectivity index is 2.00. The van der Waals surface area contributed by atoms with Gasteiger partial charge in [-0.1, -0.05) is 32.0 Å². The zero-order chi connectivity index (χ0) is 22.8. The molecule has 1 aromatic heterocycles. The van der Waals surface area contributed by atoms with Gasteiger partial charge in [0.15, 0.2) is 0 Å². The van der Waals surface area contributed by atoms with E-state index < -0.39 is 36.2 Å². The maximum Gasteiger partial charge on any atom is 0.573 e. The minimum absolute atomic E-state index is 0.127. The fourth-order valence-corrected chi connectivity index (χ4v) is 3.58. The fraction of sp³-hybridized carbons (Fsp3) is 0.450. The quantitative estimate of drug-likeness (QED) is 0.697. The molecule has 0 saturated heterocycles. The van der Waals surface area contributed by atoms with E-state index >= 15 is 0 Å². The average Bonchev–Trinajstić information content (AvgIpc) is 3.18. The number of benzene rings is 1. The van der Waals surface area contributed by atoms with Gasteiger partial charge in [-0.2, -0.15) is 0 Å². The van der Waals surface area contributed by atoms with Crippen molar-refractivity contribution in [3.05, 3.63) is 47.5 Å². The maximum atomic E-state index is 13.2. The van der Waals surface area contributed by atoms with Gasteiger partial charge < -0.3 is 24.7 Å². The number of fused-ring (bicyclic) bond motifs is 1. The highest BCUT2D eigenvalue weighted by molar-refractivity contribution is 5.84. The number of halogens is 3. The molecule has 1 aliphatic heterocycles. The number of alkyl halides is 3. The van der Waals surface area contributed by atoms with Crippen LogP contribution in [0.15, 0.2) is 30.6 Å². The van der Waals surface area contributed by atoms with Crippen LogP contribution in [0.1, 0.15) is 36.8 Å². The van der Waals surface area contributed by atoms with Crippen LogP contribution in [-0.4, -0.2) is 52.9 Å². The fourth-order valence-electron chi connectivity index (χ4n) is 3.58. The highest BCUT2D eigenvalue weighted by Crippen LogP contribution is 2.39. The number of urea groups is 1. The van der Waals surface area contributed by atoms with Crippen molar-refractivity contribution in [1.82, 2.24) is 20.2 Å². The van der Waals surface area contributed by atoms with Crippen molar-refractivity contribution in [3.63, 3.8) is 0 Å². The van der Waals surface area contributed by atoms with Crippen molar-refractivity contribution in [2.24, 2.45) is 5.92 Å². The molecule has 0 radical (unpaired) electrons. The van der Waals surface area contributed by atoms with E-state index in [0.717, 1.165) is 0 Å². The van der Waals surface area contributed by atoms with Crippen LogP contribution in [0.25, 0.3) is 0 Å². The molecule has 1 aromatic carbocycles. The number of hydrogen-bond acceptors (Lipinski definition) is 5. The van der Waals surface area contributed by atoms with Gasteiger partial charge in [-0.15, -0.1) is 13.2 Å². The molecule has 3 rings (SSSR count). The summed E-state index contributed by atoms with van der Waals surface area (Å²) in [5.74, 6) is -1.30. The van der Waals surface area contributed by atoms with Crippen molar-refractivity contribution in [2.45, 2.75) is 38.7 Å². The van der Waals surface area contributed by atoms with Gasteiger partial charge in [0.1, 0.15) is 17.8 Å². The number of ether oxygens (including phenoxy) is 2. The zero-order valence-electron chi connectivity index (χ0n) is 17.2. The summed E-state index contributed by atoms with van der Waals surface area (Å²) >= 11 is 0. The van der Waals surface area contributed by atoms with E-state index in [-0.39, 0.29) is 18.0 Å². The first-order chi connectivity index (χ1) is 14.6. The molecule has 168 valence electrons. The molecular formula is C20H23F3N4O4. The molecule has 1 aliphatic rings. The topological polar surface area (TPSA) is 96.6 Å². The first-order valence-electron chi connectivity index (χ1n) is 9.64. The Morgan fingerprint density at radius 1 is 1.29 bits per heavy atom. The van der Waals surface area contributed by atoms with E-state index in [0.29, 0.717) is 17.8 Å². The van der Waals surface area contributed by atoms with Crippen LogP contribution in [-0.2, 0) is 16.0 Å². The Morgan fingerprint density at radius 2 is 2.00 bits per heavy atom. The largest absolute Gasteiger partial charge is 0.573 e. The molecule has 0 aliphatic carbocycles.